The van der Waals surface area contributed by atoms with Crippen molar-refractivity contribution in [1.29, 1.82) is 0 Å². The topological polar surface area (TPSA) is 25.4 Å². The minimum atomic E-state index is 0.326. The highest BCUT2D eigenvalue weighted by molar-refractivity contribution is 5.15. The first kappa shape index (κ1) is 15.3. The van der Waals surface area contributed by atoms with Crippen LogP contribution in [0.15, 0.2) is 18.2 Å². The molecule has 1 aliphatic heterocycles. The quantitative estimate of drug-likeness (QED) is 0.820. The van der Waals surface area contributed by atoms with Crippen molar-refractivity contribution in [3.63, 3.8) is 0 Å². The highest BCUT2D eigenvalue weighted by Gasteiger charge is 2.24. The van der Waals surface area contributed by atoms with Crippen LogP contribution in [0.4, 0.5) is 0 Å². The first-order valence-corrected chi connectivity index (χ1v) is 7.89. The molecule has 1 aliphatic rings. The number of pyridine rings is 1. The number of rotatable bonds is 5. The van der Waals surface area contributed by atoms with E-state index in [1.54, 1.807) is 0 Å². The van der Waals surface area contributed by atoms with Crippen molar-refractivity contribution in [2.45, 2.75) is 59.1 Å². The Bertz CT molecular complexity index is 411. The van der Waals surface area contributed by atoms with Gasteiger partial charge in [-0.2, -0.15) is 0 Å². The number of hydrogen-bond donors (Lipinski definition) is 0. The van der Waals surface area contributed by atoms with Crippen LogP contribution in [0.1, 0.15) is 45.7 Å². The van der Waals surface area contributed by atoms with E-state index in [1.165, 1.54) is 6.42 Å². The number of likely N-dealkylation sites (tertiary alicyclic amines) is 1. The molecule has 0 bridgehead atoms. The van der Waals surface area contributed by atoms with Gasteiger partial charge < -0.3 is 9.64 Å². The zero-order valence-corrected chi connectivity index (χ0v) is 13.3. The second kappa shape index (κ2) is 7.07. The molecule has 1 aromatic rings. The van der Waals surface area contributed by atoms with Gasteiger partial charge in [0, 0.05) is 30.9 Å². The van der Waals surface area contributed by atoms with Gasteiger partial charge in [0.05, 0.1) is 0 Å². The second-order valence-corrected chi connectivity index (χ2v) is 6.45. The number of piperidine rings is 1. The molecule has 1 saturated heterocycles. The molecule has 0 unspecified atom stereocenters. The van der Waals surface area contributed by atoms with E-state index in [0.29, 0.717) is 12.1 Å². The van der Waals surface area contributed by atoms with Crippen LogP contribution in [0.25, 0.3) is 0 Å². The van der Waals surface area contributed by atoms with E-state index in [1.807, 2.05) is 25.1 Å². The van der Waals surface area contributed by atoms with Crippen LogP contribution < -0.4 is 4.74 Å². The summed E-state index contributed by atoms with van der Waals surface area (Å²) < 4.78 is 6.01. The second-order valence-electron chi connectivity index (χ2n) is 6.45. The van der Waals surface area contributed by atoms with Gasteiger partial charge in [0.15, 0.2) is 0 Å². The van der Waals surface area contributed by atoms with Gasteiger partial charge in [-0.25, -0.2) is 4.98 Å². The van der Waals surface area contributed by atoms with Crippen LogP contribution >= 0.6 is 0 Å². The highest BCUT2D eigenvalue weighted by atomic mass is 16.5. The standard InChI is InChI=1S/C17H28N2O/c1-13(2)12-15(4)19-10-8-16(9-11-19)20-17-7-5-6-14(3)18-17/h5-7,13,15-16H,8-12H2,1-4H3/t15-/m1/s1. The molecule has 1 atom stereocenters. The zero-order chi connectivity index (χ0) is 14.5. The molecular formula is C17H28N2O. The molecule has 2 heterocycles. The zero-order valence-electron chi connectivity index (χ0n) is 13.3. The molecule has 112 valence electrons. The third kappa shape index (κ3) is 4.48. The van der Waals surface area contributed by atoms with E-state index in [9.17, 15) is 0 Å². The van der Waals surface area contributed by atoms with Crippen molar-refractivity contribution in [3.05, 3.63) is 23.9 Å². The van der Waals surface area contributed by atoms with Crippen molar-refractivity contribution in [2.24, 2.45) is 5.92 Å². The Morgan fingerprint density at radius 1 is 1.25 bits per heavy atom. The first-order chi connectivity index (χ1) is 9.54. The molecule has 0 N–H and O–H groups in total. The van der Waals surface area contributed by atoms with Gasteiger partial charge in [0.1, 0.15) is 6.10 Å². The van der Waals surface area contributed by atoms with Gasteiger partial charge in [-0.05, 0) is 45.1 Å². The minimum Gasteiger partial charge on any atom is -0.474 e. The fourth-order valence-corrected chi connectivity index (χ4v) is 3.02. The predicted molar refractivity (Wildman–Crippen MR) is 83.1 cm³/mol. The largest absolute Gasteiger partial charge is 0.474 e. The third-order valence-electron chi connectivity index (χ3n) is 4.06. The maximum Gasteiger partial charge on any atom is 0.213 e. The van der Waals surface area contributed by atoms with E-state index in [-0.39, 0.29) is 0 Å². The Labute approximate surface area is 123 Å². The maximum atomic E-state index is 6.01. The lowest BCUT2D eigenvalue weighted by atomic mass is 10.00. The van der Waals surface area contributed by atoms with Crippen LogP contribution in [0.3, 0.4) is 0 Å². The lowest BCUT2D eigenvalue weighted by Gasteiger charge is -2.36. The molecule has 1 fully saturated rings. The van der Waals surface area contributed by atoms with Crippen LogP contribution in [0.2, 0.25) is 0 Å². The molecule has 3 nitrogen and oxygen atoms in total. The SMILES string of the molecule is Cc1cccc(OC2CCN([C@H](C)CC(C)C)CC2)n1. The van der Waals surface area contributed by atoms with Gasteiger partial charge in [0.2, 0.25) is 5.88 Å². The smallest absolute Gasteiger partial charge is 0.213 e. The number of ether oxygens (including phenoxy) is 1. The summed E-state index contributed by atoms with van der Waals surface area (Å²) in [7, 11) is 0. The lowest BCUT2D eigenvalue weighted by molar-refractivity contribution is 0.0713. The number of aromatic nitrogens is 1. The molecule has 0 aliphatic carbocycles. The fraction of sp³-hybridized carbons (Fsp3) is 0.706. The van der Waals surface area contributed by atoms with Gasteiger partial charge in [-0.1, -0.05) is 19.9 Å². The monoisotopic (exact) mass is 276 g/mol. The Kier molecular flexibility index (Phi) is 5.41. The van der Waals surface area contributed by atoms with E-state index in [0.717, 1.165) is 43.4 Å². The van der Waals surface area contributed by atoms with E-state index in [4.69, 9.17) is 4.74 Å². The number of aryl methyl sites for hydroxylation is 1. The maximum absolute atomic E-state index is 6.01. The summed E-state index contributed by atoms with van der Waals surface area (Å²) in [5.74, 6) is 1.55. The molecule has 0 spiro atoms. The number of nitrogens with zero attached hydrogens (tertiary/aromatic N) is 2. The molecule has 20 heavy (non-hydrogen) atoms. The summed E-state index contributed by atoms with van der Waals surface area (Å²) in [4.78, 5) is 7.03. The summed E-state index contributed by atoms with van der Waals surface area (Å²) in [6.45, 7) is 11.2. The van der Waals surface area contributed by atoms with Gasteiger partial charge in [-0.3, -0.25) is 0 Å². The third-order valence-corrected chi connectivity index (χ3v) is 4.06. The molecule has 2 rings (SSSR count). The summed E-state index contributed by atoms with van der Waals surface area (Å²) in [5.41, 5.74) is 1.02. The lowest BCUT2D eigenvalue weighted by Crippen LogP contribution is -2.43. The van der Waals surface area contributed by atoms with Crippen LogP contribution in [-0.4, -0.2) is 35.1 Å². The van der Waals surface area contributed by atoms with Crippen molar-refractivity contribution >= 4 is 0 Å². The first-order valence-electron chi connectivity index (χ1n) is 7.89. The summed E-state index contributed by atoms with van der Waals surface area (Å²) in [6.07, 6.45) is 3.83. The van der Waals surface area contributed by atoms with E-state index < -0.39 is 0 Å². The summed E-state index contributed by atoms with van der Waals surface area (Å²) >= 11 is 0. The van der Waals surface area contributed by atoms with Crippen molar-refractivity contribution in [2.75, 3.05) is 13.1 Å². The van der Waals surface area contributed by atoms with Crippen LogP contribution in [-0.2, 0) is 0 Å². The molecule has 0 amide bonds. The molecular weight excluding hydrogens is 248 g/mol. The Balaban J connectivity index is 1.79. The Hall–Kier alpha value is -1.09. The van der Waals surface area contributed by atoms with E-state index >= 15 is 0 Å². The highest BCUT2D eigenvalue weighted by Crippen LogP contribution is 2.21. The summed E-state index contributed by atoms with van der Waals surface area (Å²) in [5, 5.41) is 0. The normalized spacial score (nSPS) is 19.2. The number of hydrogen-bond acceptors (Lipinski definition) is 3. The molecule has 0 aromatic carbocycles. The van der Waals surface area contributed by atoms with Crippen molar-refractivity contribution in [3.8, 4) is 5.88 Å². The van der Waals surface area contributed by atoms with Crippen molar-refractivity contribution < 1.29 is 4.74 Å². The average molecular weight is 276 g/mol. The molecule has 0 saturated carbocycles. The van der Waals surface area contributed by atoms with Gasteiger partial charge in [0.25, 0.3) is 0 Å². The fourth-order valence-electron chi connectivity index (χ4n) is 3.02. The van der Waals surface area contributed by atoms with Crippen LogP contribution in [0.5, 0.6) is 5.88 Å². The molecule has 3 heteroatoms. The van der Waals surface area contributed by atoms with Crippen LogP contribution in [0, 0.1) is 12.8 Å². The Morgan fingerprint density at radius 2 is 1.95 bits per heavy atom. The average Bonchev–Trinajstić information content (AvgIpc) is 2.38. The molecule has 1 aromatic heterocycles. The van der Waals surface area contributed by atoms with Gasteiger partial charge >= 0.3 is 0 Å². The minimum absolute atomic E-state index is 0.326. The van der Waals surface area contributed by atoms with Crippen molar-refractivity contribution in [1.82, 2.24) is 9.88 Å². The summed E-state index contributed by atoms with van der Waals surface area (Å²) in [6, 6.07) is 6.66. The van der Waals surface area contributed by atoms with Gasteiger partial charge in [-0.15, -0.1) is 0 Å². The molecule has 0 radical (unpaired) electrons. The van der Waals surface area contributed by atoms with E-state index in [2.05, 4.69) is 30.7 Å². The Morgan fingerprint density at radius 3 is 2.55 bits per heavy atom. The predicted octanol–water partition coefficient (Wildman–Crippen LogP) is 3.67.